The number of carbonyl (C=O) groups is 2. The van der Waals surface area contributed by atoms with Gasteiger partial charge in [-0.3, -0.25) is 4.79 Å². The van der Waals surface area contributed by atoms with E-state index in [4.69, 9.17) is 5.11 Å². The summed E-state index contributed by atoms with van der Waals surface area (Å²) in [5.41, 5.74) is 0.948. The molecule has 0 radical (unpaired) electrons. The Morgan fingerprint density at radius 1 is 1.56 bits per heavy atom. The van der Waals surface area contributed by atoms with E-state index in [2.05, 4.69) is 15.3 Å². The number of nitrogens with one attached hydrogen (secondary N) is 2. The predicted octanol–water partition coefficient (Wildman–Crippen LogP) is 0.458. The van der Waals surface area contributed by atoms with Crippen LogP contribution in [-0.2, 0) is 11.2 Å². The molecule has 1 aromatic heterocycles. The van der Waals surface area contributed by atoms with Crippen LogP contribution >= 0.6 is 0 Å². The molecule has 0 aromatic carbocycles. The lowest BCUT2D eigenvalue weighted by Crippen LogP contribution is -2.41. The lowest BCUT2D eigenvalue weighted by molar-refractivity contribution is -0.137. The fraction of sp³-hybridized carbons (Fsp3) is 0.545. The number of hydrogen-bond acceptors (Lipinski definition) is 3. The smallest absolute Gasteiger partial charge is 0.317 e. The lowest BCUT2D eigenvalue weighted by Gasteiger charge is -2.20. The Hall–Kier alpha value is -2.05. The maximum atomic E-state index is 11.7. The van der Waals surface area contributed by atoms with Gasteiger partial charge >= 0.3 is 12.0 Å². The van der Waals surface area contributed by atoms with E-state index in [1.807, 2.05) is 6.92 Å². The normalized spacial score (nSPS) is 10.1. The first-order valence-electron chi connectivity index (χ1n) is 5.85. The maximum absolute atomic E-state index is 11.7. The number of imidazole rings is 1. The molecule has 0 spiro atoms. The van der Waals surface area contributed by atoms with Crippen LogP contribution < -0.4 is 5.32 Å². The molecule has 18 heavy (non-hydrogen) atoms. The summed E-state index contributed by atoms with van der Waals surface area (Å²) >= 11 is 0. The van der Waals surface area contributed by atoms with Crippen LogP contribution in [0, 0.1) is 0 Å². The van der Waals surface area contributed by atoms with Crippen LogP contribution in [-0.4, -0.2) is 51.6 Å². The standard InChI is InChI=1S/C11H18N4O3/c1-2-15(6-4-10(16)17)11(18)13-5-3-9-7-12-8-14-9/h7-8H,2-6H2,1H3,(H,12,14)(H,13,18)(H,16,17). The molecule has 0 unspecified atom stereocenters. The number of aromatic amines is 1. The number of aliphatic carboxylic acids is 1. The van der Waals surface area contributed by atoms with Crippen molar-refractivity contribution < 1.29 is 14.7 Å². The third kappa shape index (κ3) is 4.86. The van der Waals surface area contributed by atoms with Crippen molar-refractivity contribution in [3.63, 3.8) is 0 Å². The largest absolute Gasteiger partial charge is 0.481 e. The van der Waals surface area contributed by atoms with E-state index in [1.54, 1.807) is 12.5 Å². The van der Waals surface area contributed by atoms with E-state index in [0.717, 1.165) is 5.69 Å². The number of aromatic nitrogens is 2. The highest BCUT2D eigenvalue weighted by atomic mass is 16.4. The van der Waals surface area contributed by atoms with Crippen molar-refractivity contribution in [2.45, 2.75) is 19.8 Å². The number of rotatable bonds is 7. The van der Waals surface area contributed by atoms with Gasteiger partial charge < -0.3 is 20.3 Å². The molecule has 2 amide bonds. The average molecular weight is 254 g/mol. The number of nitrogens with zero attached hydrogens (tertiary/aromatic N) is 2. The number of urea groups is 1. The summed E-state index contributed by atoms with van der Waals surface area (Å²) < 4.78 is 0. The van der Waals surface area contributed by atoms with Crippen molar-refractivity contribution in [2.75, 3.05) is 19.6 Å². The van der Waals surface area contributed by atoms with Crippen molar-refractivity contribution in [1.29, 1.82) is 0 Å². The van der Waals surface area contributed by atoms with Gasteiger partial charge in [-0.1, -0.05) is 0 Å². The molecule has 1 heterocycles. The summed E-state index contributed by atoms with van der Waals surface area (Å²) in [4.78, 5) is 30.4. The second-order valence-electron chi connectivity index (χ2n) is 3.78. The number of H-pyrrole nitrogens is 1. The summed E-state index contributed by atoms with van der Waals surface area (Å²) in [5, 5.41) is 11.3. The molecule has 0 aliphatic carbocycles. The summed E-state index contributed by atoms with van der Waals surface area (Å²) in [6, 6.07) is -0.238. The molecule has 1 rings (SSSR count). The van der Waals surface area contributed by atoms with Gasteiger partial charge in [0.2, 0.25) is 0 Å². The van der Waals surface area contributed by atoms with Crippen LogP contribution in [0.4, 0.5) is 4.79 Å². The first kappa shape index (κ1) is 14.0. The van der Waals surface area contributed by atoms with E-state index in [9.17, 15) is 9.59 Å². The summed E-state index contributed by atoms with van der Waals surface area (Å²) in [7, 11) is 0. The molecular weight excluding hydrogens is 236 g/mol. The highest BCUT2D eigenvalue weighted by Crippen LogP contribution is 1.94. The Morgan fingerprint density at radius 3 is 2.89 bits per heavy atom. The summed E-state index contributed by atoms with van der Waals surface area (Å²) in [5.74, 6) is -0.904. The highest BCUT2D eigenvalue weighted by molar-refractivity contribution is 5.75. The van der Waals surface area contributed by atoms with Crippen LogP contribution in [0.5, 0.6) is 0 Å². The number of amides is 2. The van der Waals surface area contributed by atoms with Gasteiger partial charge in [0.15, 0.2) is 0 Å². The average Bonchev–Trinajstić information content (AvgIpc) is 2.82. The van der Waals surface area contributed by atoms with Gasteiger partial charge in [-0.15, -0.1) is 0 Å². The van der Waals surface area contributed by atoms with Crippen LogP contribution in [0.15, 0.2) is 12.5 Å². The molecule has 0 atom stereocenters. The quantitative estimate of drug-likeness (QED) is 0.658. The Labute approximate surface area is 105 Å². The number of carbonyl (C=O) groups excluding carboxylic acids is 1. The molecule has 0 saturated carbocycles. The lowest BCUT2D eigenvalue weighted by atomic mass is 10.3. The Bertz CT molecular complexity index is 378. The molecule has 0 bridgehead atoms. The van der Waals surface area contributed by atoms with Gasteiger partial charge in [-0.05, 0) is 6.92 Å². The molecule has 3 N–H and O–H groups in total. The van der Waals surface area contributed by atoms with Gasteiger partial charge in [-0.2, -0.15) is 0 Å². The second kappa shape index (κ2) is 7.31. The molecule has 0 aliphatic heterocycles. The van der Waals surface area contributed by atoms with Crippen molar-refractivity contribution in [3.05, 3.63) is 18.2 Å². The van der Waals surface area contributed by atoms with Crippen molar-refractivity contribution >= 4 is 12.0 Å². The van der Waals surface area contributed by atoms with E-state index in [1.165, 1.54) is 4.90 Å². The molecular formula is C11H18N4O3. The van der Waals surface area contributed by atoms with Crippen LogP contribution in [0.1, 0.15) is 19.0 Å². The predicted molar refractivity (Wildman–Crippen MR) is 65.2 cm³/mol. The minimum absolute atomic E-state index is 0.0399. The third-order valence-electron chi connectivity index (χ3n) is 2.49. The zero-order chi connectivity index (χ0) is 13.4. The molecule has 7 heteroatoms. The number of carboxylic acids is 1. The molecule has 1 aromatic rings. The van der Waals surface area contributed by atoms with E-state index in [0.29, 0.717) is 19.5 Å². The Morgan fingerprint density at radius 2 is 2.33 bits per heavy atom. The second-order valence-corrected chi connectivity index (χ2v) is 3.78. The number of carboxylic acid groups (broad SMARTS) is 1. The minimum atomic E-state index is -0.904. The monoisotopic (exact) mass is 254 g/mol. The minimum Gasteiger partial charge on any atom is -0.481 e. The summed E-state index contributed by atoms with van der Waals surface area (Å²) in [6.07, 6.45) is 3.92. The summed E-state index contributed by atoms with van der Waals surface area (Å²) in [6.45, 7) is 3.02. The maximum Gasteiger partial charge on any atom is 0.317 e. The van der Waals surface area contributed by atoms with Gasteiger partial charge in [-0.25, -0.2) is 9.78 Å². The molecule has 0 fully saturated rings. The SMILES string of the molecule is CCN(CCC(=O)O)C(=O)NCCc1cnc[nH]1. The molecule has 7 nitrogen and oxygen atoms in total. The Kier molecular flexibility index (Phi) is 5.69. The first-order valence-corrected chi connectivity index (χ1v) is 5.85. The zero-order valence-electron chi connectivity index (χ0n) is 10.3. The van der Waals surface area contributed by atoms with Crippen molar-refractivity contribution in [3.8, 4) is 0 Å². The molecule has 100 valence electrons. The topological polar surface area (TPSA) is 98.3 Å². The highest BCUT2D eigenvalue weighted by Gasteiger charge is 2.12. The third-order valence-corrected chi connectivity index (χ3v) is 2.49. The van der Waals surface area contributed by atoms with Gasteiger partial charge in [0.05, 0.1) is 12.7 Å². The van der Waals surface area contributed by atoms with E-state index < -0.39 is 5.97 Å². The van der Waals surface area contributed by atoms with E-state index >= 15 is 0 Å². The van der Waals surface area contributed by atoms with Gasteiger partial charge in [0.25, 0.3) is 0 Å². The number of hydrogen-bond donors (Lipinski definition) is 3. The van der Waals surface area contributed by atoms with Crippen molar-refractivity contribution in [2.24, 2.45) is 0 Å². The molecule has 0 aliphatic rings. The van der Waals surface area contributed by atoms with Crippen LogP contribution in [0.3, 0.4) is 0 Å². The fourth-order valence-corrected chi connectivity index (χ4v) is 1.47. The first-order chi connectivity index (χ1) is 8.63. The van der Waals surface area contributed by atoms with Crippen molar-refractivity contribution in [1.82, 2.24) is 20.2 Å². The van der Waals surface area contributed by atoms with Crippen LogP contribution in [0.25, 0.3) is 0 Å². The Balaban J connectivity index is 2.26. The zero-order valence-corrected chi connectivity index (χ0v) is 10.3. The van der Waals surface area contributed by atoms with Gasteiger partial charge in [0.1, 0.15) is 0 Å². The fourth-order valence-electron chi connectivity index (χ4n) is 1.47. The van der Waals surface area contributed by atoms with Gasteiger partial charge in [0, 0.05) is 37.9 Å². The van der Waals surface area contributed by atoms with Crippen LogP contribution in [0.2, 0.25) is 0 Å². The molecule has 0 saturated heterocycles. The van der Waals surface area contributed by atoms with E-state index in [-0.39, 0.29) is 19.0 Å².